The van der Waals surface area contributed by atoms with Gasteiger partial charge >= 0.3 is 5.97 Å². The van der Waals surface area contributed by atoms with Crippen molar-refractivity contribution in [2.24, 2.45) is 0 Å². The largest absolute Gasteiger partial charge is 0.465 e. The highest BCUT2D eigenvalue weighted by molar-refractivity contribution is 6.32. The SMILES string of the molecule is COC(=O)c1cc2c(nc1Cl)CCN2. The molecule has 5 heteroatoms. The van der Waals surface area contributed by atoms with Crippen LogP contribution >= 0.6 is 11.6 Å². The Morgan fingerprint density at radius 1 is 1.71 bits per heavy atom. The Balaban J connectivity index is 2.47. The maximum absolute atomic E-state index is 11.3. The number of nitrogens with zero attached hydrogens (tertiary/aromatic N) is 1. The molecule has 1 N–H and O–H groups in total. The van der Waals surface area contributed by atoms with Gasteiger partial charge in [0, 0.05) is 13.0 Å². The van der Waals surface area contributed by atoms with E-state index in [0.717, 1.165) is 24.3 Å². The van der Waals surface area contributed by atoms with Gasteiger partial charge in [0.2, 0.25) is 0 Å². The normalized spacial score (nSPS) is 13.3. The van der Waals surface area contributed by atoms with E-state index in [1.165, 1.54) is 7.11 Å². The van der Waals surface area contributed by atoms with E-state index in [1.807, 2.05) is 0 Å². The number of esters is 1. The highest BCUT2D eigenvalue weighted by Gasteiger charge is 2.19. The third-order valence-electron chi connectivity index (χ3n) is 2.14. The second-order valence-corrected chi connectivity index (χ2v) is 3.35. The minimum Gasteiger partial charge on any atom is -0.465 e. The van der Waals surface area contributed by atoms with E-state index >= 15 is 0 Å². The van der Waals surface area contributed by atoms with Crippen LogP contribution in [0.2, 0.25) is 5.15 Å². The maximum Gasteiger partial charge on any atom is 0.341 e. The minimum absolute atomic E-state index is 0.208. The highest BCUT2D eigenvalue weighted by atomic mass is 35.5. The number of hydrogen-bond donors (Lipinski definition) is 1. The predicted molar refractivity (Wildman–Crippen MR) is 52.8 cm³/mol. The molecular formula is C9H9ClN2O2. The summed E-state index contributed by atoms with van der Waals surface area (Å²) < 4.78 is 4.59. The standard InChI is InChI=1S/C9H9ClN2O2/c1-14-9(13)5-4-7-6(2-3-11-7)12-8(5)10/h4,11H,2-3H2,1H3. The minimum atomic E-state index is -0.459. The number of pyridine rings is 1. The molecule has 2 heterocycles. The molecule has 0 amide bonds. The van der Waals surface area contributed by atoms with Crippen LogP contribution in [0.25, 0.3) is 0 Å². The van der Waals surface area contributed by atoms with E-state index in [4.69, 9.17) is 11.6 Å². The molecule has 2 rings (SSSR count). The van der Waals surface area contributed by atoms with Gasteiger partial charge in [-0.15, -0.1) is 0 Å². The Morgan fingerprint density at radius 3 is 3.21 bits per heavy atom. The number of methoxy groups -OCH3 is 1. The first kappa shape index (κ1) is 9.27. The average molecular weight is 213 g/mol. The first-order chi connectivity index (χ1) is 6.72. The van der Waals surface area contributed by atoms with Gasteiger partial charge in [0.1, 0.15) is 5.15 Å². The molecule has 0 aromatic carbocycles. The first-order valence-electron chi connectivity index (χ1n) is 4.24. The van der Waals surface area contributed by atoms with Crippen molar-refractivity contribution in [3.05, 3.63) is 22.5 Å². The molecular weight excluding hydrogens is 204 g/mol. The molecule has 1 aromatic rings. The highest BCUT2D eigenvalue weighted by Crippen LogP contribution is 2.26. The molecule has 0 spiro atoms. The number of fused-ring (bicyclic) bond motifs is 1. The second kappa shape index (κ2) is 3.46. The fourth-order valence-corrected chi connectivity index (χ4v) is 1.67. The van der Waals surface area contributed by atoms with E-state index in [0.29, 0.717) is 5.56 Å². The van der Waals surface area contributed by atoms with E-state index < -0.39 is 5.97 Å². The summed E-state index contributed by atoms with van der Waals surface area (Å²) in [5.41, 5.74) is 2.08. The van der Waals surface area contributed by atoms with Crippen molar-refractivity contribution in [2.75, 3.05) is 19.0 Å². The van der Waals surface area contributed by atoms with E-state index in [1.54, 1.807) is 6.07 Å². The summed E-state index contributed by atoms with van der Waals surface area (Å²) in [6, 6.07) is 1.68. The average Bonchev–Trinajstić information content (AvgIpc) is 2.62. The molecule has 1 aliphatic rings. The van der Waals surface area contributed by atoms with Gasteiger partial charge in [-0.2, -0.15) is 0 Å². The molecule has 0 fully saturated rings. The maximum atomic E-state index is 11.3. The van der Waals surface area contributed by atoms with Gasteiger partial charge < -0.3 is 10.1 Å². The lowest BCUT2D eigenvalue weighted by Gasteiger charge is -2.04. The number of aromatic nitrogens is 1. The molecule has 1 aliphatic heterocycles. The van der Waals surface area contributed by atoms with Crippen LogP contribution in [-0.2, 0) is 11.2 Å². The molecule has 4 nitrogen and oxygen atoms in total. The van der Waals surface area contributed by atoms with Gasteiger partial charge in [-0.1, -0.05) is 11.6 Å². The van der Waals surface area contributed by atoms with E-state index in [-0.39, 0.29) is 5.15 Å². The van der Waals surface area contributed by atoms with Crippen LogP contribution in [0.1, 0.15) is 16.1 Å². The Labute approximate surface area is 86.2 Å². The van der Waals surface area contributed by atoms with Crippen molar-refractivity contribution >= 4 is 23.3 Å². The van der Waals surface area contributed by atoms with Crippen molar-refractivity contribution in [3.8, 4) is 0 Å². The van der Waals surface area contributed by atoms with Gasteiger partial charge in [-0.25, -0.2) is 9.78 Å². The monoisotopic (exact) mass is 212 g/mol. The molecule has 0 atom stereocenters. The Morgan fingerprint density at radius 2 is 2.50 bits per heavy atom. The third-order valence-corrected chi connectivity index (χ3v) is 2.43. The predicted octanol–water partition coefficient (Wildman–Crippen LogP) is 1.49. The lowest BCUT2D eigenvalue weighted by Crippen LogP contribution is -2.04. The Hall–Kier alpha value is -1.29. The van der Waals surface area contributed by atoms with Crippen molar-refractivity contribution in [2.45, 2.75) is 6.42 Å². The Bertz CT molecular complexity index is 393. The Kier molecular flexibility index (Phi) is 2.29. The number of rotatable bonds is 1. The number of carbonyl (C=O) groups excluding carboxylic acids is 1. The second-order valence-electron chi connectivity index (χ2n) is 2.99. The number of nitrogens with one attached hydrogen (secondary N) is 1. The number of anilines is 1. The van der Waals surface area contributed by atoms with Crippen LogP contribution in [0.4, 0.5) is 5.69 Å². The van der Waals surface area contributed by atoms with Gasteiger partial charge in [0.15, 0.2) is 0 Å². The number of ether oxygens (including phenoxy) is 1. The number of hydrogen-bond acceptors (Lipinski definition) is 4. The van der Waals surface area contributed by atoms with Crippen molar-refractivity contribution in [1.29, 1.82) is 0 Å². The summed E-state index contributed by atoms with van der Waals surface area (Å²) >= 11 is 5.84. The molecule has 0 radical (unpaired) electrons. The molecule has 0 saturated carbocycles. The molecule has 14 heavy (non-hydrogen) atoms. The van der Waals surface area contributed by atoms with Crippen LogP contribution in [0.15, 0.2) is 6.07 Å². The van der Waals surface area contributed by atoms with Gasteiger partial charge in [0.25, 0.3) is 0 Å². The van der Waals surface area contributed by atoms with Crippen LogP contribution in [0, 0.1) is 0 Å². The zero-order valence-corrected chi connectivity index (χ0v) is 8.39. The molecule has 1 aromatic heterocycles. The van der Waals surface area contributed by atoms with Crippen molar-refractivity contribution in [1.82, 2.24) is 4.98 Å². The number of halogens is 1. The zero-order valence-electron chi connectivity index (χ0n) is 7.63. The zero-order chi connectivity index (χ0) is 10.1. The van der Waals surface area contributed by atoms with Gasteiger partial charge in [-0.3, -0.25) is 0 Å². The van der Waals surface area contributed by atoms with E-state index in [9.17, 15) is 4.79 Å². The van der Waals surface area contributed by atoms with Crippen LogP contribution in [0.5, 0.6) is 0 Å². The van der Waals surface area contributed by atoms with E-state index in [2.05, 4.69) is 15.0 Å². The smallest absolute Gasteiger partial charge is 0.341 e. The van der Waals surface area contributed by atoms with Crippen molar-refractivity contribution in [3.63, 3.8) is 0 Å². The quantitative estimate of drug-likeness (QED) is 0.566. The summed E-state index contributed by atoms with van der Waals surface area (Å²) in [7, 11) is 1.32. The van der Waals surface area contributed by atoms with Crippen LogP contribution in [-0.4, -0.2) is 24.6 Å². The lowest BCUT2D eigenvalue weighted by atomic mass is 10.2. The fraction of sp³-hybridized carbons (Fsp3) is 0.333. The molecule has 74 valence electrons. The van der Waals surface area contributed by atoms with Crippen LogP contribution < -0.4 is 5.32 Å². The first-order valence-corrected chi connectivity index (χ1v) is 4.62. The summed E-state index contributed by atoms with van der Waals surface area (Å²) in [5.74, 6) is -0.459. The molecule has 0 bridgehead atoms. The summed E-state index contributed by atoms with van der Waals surface area (Å²) in [5, 5.41) is 3.33. The van der Waals surface area contributed by atoms with Gasteiger partial charge in [-0.05, 0) is 6.07 Å². The summed E-state index contributed by atoms with van der Waals surface area (Å²) in [4.78, 5) is 15.4. The lowest BCUT2D eigenvalue weighted by molar-refractivity contribution is 0.0600. The fourth-order valence-electron chi connectivity index (χ4n) is 1.44. The summed E-state index contributed by atoms with van der Waals surface area (Å²) in [6.07, 6.45) is 0.844. The summed E-state index contributed by atoms with van der Waals surface area (Å²) in [6.45, 7) is 0.837. The number of carbonyl (C=O) groups is 1. The third kappa shape index (κ3) is 1.42. The van der Waals surface area contributed by atoms with Gasteiger partial charge in [0.05, 0.1) is 24.1 Å². The topological polar surface area (TPSA) is 51.2 Å². The molecule has 0 aliphatic carbocycles. The van der Waals surface area contributed by atoms with Crippen molar-refractivity contribution < 1.29 is 9.53 Å². The molecule has 0 saturated heterocycles. The van der Waals surface area contributed by atoms with Crippen LogP contribution in [0.3, 0.4) is 0 Å². The molecule has 0 unspecified atom stereocenters.